The zero-order chi connectivity index (χ0) is 47.2. The van der Waals surface area contributed by atoms with Crippen molar-refractivity contribution in [1.29, 1.82) is 21.0 Å². The molecule has 0 bridgehead atoms. The Balaban J connectivity index is 0.000000621. The molecule has 0 fully saturated rings. The number of benzene rings is 2. The van der Waals surface area contributed by atoms with Gasteiger partial charge >= 0.3 is 20.8 Å². The maximum atomic E-state index is 10.8. The van der Waals surface area contributed by atoms with E-state index in [0.29, 0.717) is 13.0 Å². The van der Waals surface area contributed by atoms with Crippen molar-refractivity contribution >= 4 is 43.6 Å². The average molecular weight is 889 g/mol. The summed E-state index contributed by atoms with van der Waals surface area (Å²) in [6.07, 6.45) is 0.232. The molecule has 2 rings (SSSR count). The van der Waals surface area contributed by atoms with Crippen LogP contribution in [0.1, 0.15) is 54.4 Å². The second-order valence-electron chi connectivity index (χ2n) is 12.9. The third kappa shape index (κ3) is 17.2. The van der Waals surface area contributed by atoms with Crippen LogP contribution >= 0.6 is 0 Å². The summed E-state index contributed by atoms with van der Waals surface area (Å²) < 4.78 is 91.8. The molecule has 0 amide bonds. The fraction of sp³-hybridized carbons (Fsp3) is 0.400. The van der Waals surface area contributed by atoms with Gasteiger partial charge in [-0.15, -0.1) is 0 Å². The average Bonchev–Trinajstić information content (AvgIpc) is 3.23. The third-order valence-corrected chi connectivity index (χ3v) is 8.85. The van der Waals surface area contributed by atoms with E-state index < -0.39 is 39.4 Å². The first-order valence-electron chi connectivity index (χ1n) is 18.0. The van der Waals surface area contributed by atoms with Gasteiger partial charge in [-0.25, -0.2) is 48.8 Å². The Morgan fingerprint density at radius 3 is 1.19 bits per heavy atom. The Morgan fingerprint density at radius 2 is 0.871 bits per heavy atom. The smallest absolute Gasteiger partial charge is 0.397 e. The van der Waals surface area contributed by atoms with Gasteiger partial charge in [0.1, 0.15) is 35.7 Å². The molecular weight excluding hydrogens is 849 g/mol. The molecule has 20 nitrogen and oxygen atoms in total. The van der Waals surface area contributed by atoms with E-state index in [0.717, 1.165) is 6.42 Å². The standard InChI is InChI=1S/C21H22N4O6S.C19H18N4O6S/c1-6-14(2)11-29-20-7-17(19(10-23)25-5)21(8-16(20)18(9-22)24-4)30-12-15(3)13-31-32(26,27)28;1-6-12(2)28-18-7-15(17(10-21)23-5)19(8-14(18)16(9-20)22-4)29-13(3)11-27-30(24,25)26/h7-8,14-15H,6,11-13H2,1-3H3,(H,26,27,28);7-8,12-13H,6,11H2,1-3H3,(H,24,25,26)/b18-16-,19-17+;16-14-,17-15+. The van der Waals surface area contributed by atoms with Gasteiger partial charge in [0.2, 0.25) is 0 Å². The Kier molecular flexibility index (Phi) is 21.6. The minimum absolute atomic E-state index is 0.0375. The fourth-order valence-corrected chi connectivity index (χ4v) is 5.21. The van der Waals surface area contributed by atoms with Crippen LogP contribution in [0.25, 0.3) is 42.2 Å². The maximum absolute atomic E-state index is 10.8. The van der Waals surface area contributed by atoms with Gasteiger partial charge in [0.15, 0.2) is 0 Å². The molecule has 0 spiro atoms. The first-order chi connectivity index (χ1) is 29.2. The number of nitriles is 4. The van der Waals surface area contributed by atoms with E-state index >= 15 is 0 Å². The van der Waals surface area contributed by atoms with Gasteiger partial charge in [-0.05, 0) is 50.5 Å². The van der Waals surface area contributed by atoms with Crippen molar-refractivity contribution in [1.82, 2.24) is 0 Å². The van der Waals surface area contributed by atoms with Crippen molar-refractivity contribution in [2.75, 3.05) is 26.4 Å². The van der Waals surface area contributed by atoms with E-state index in [1.807, 2.05) is 20.8 Å². The number of hydrogen-bond donors (Lipinski definition) is 2. The summed E-state index contributed by atoms with van der Waals surface area (Å²) in [7, 11) is -9.30. The molecule has 0 aliphatic carbocycles. The van der Waals surface area contributed by atoms with E-state index in [4.69, 9.17) is 54.3 Å². The van der Waals surface area contributed by atoms with Crippen molar-refractivity contribution in [3.05, 3.63) is 90.8 Å². The summed E-state index contributed by atoms with van der Waals surface area (Å²) in [5.74, 6) is -0.0507. The van der Waals surface area contributed by atoms with Crippen molar-refractivity contribution < 1.29 is 53.3 Å². The molecule has 22 heteroatoms. The molecule has 0 saturated carbocycles. The molecule has 62 heavy (non-hydrogen) atoms. The van der Waals surface area contributed by atoms with E-state index in [2.05, 4.69) is 27.7 Å². The van der Waals surface area contributed by atoms with Crippen LogP contribution in [-0.2, 0) is 29.2 Å². The Morgan fingerprint density at radius 1 is 0.548 bits per heavy atom. The molecular formula is C40H40N8O12S2. The van der Waals surface area contributed by atoms with E-state index in [1.54, 1.807) is 38.1 Å². The zero-order valence-electron chi connectivity index (χ0n) is 34.2. The molecule has 324 valence electrons. The van der Waals surface area contributed by atoms with Crippen molar-refractivity contribution in [3.63, 3.8) is 0 Å². The number of ether oxygens (including phenoxy) is 4. The predicted molar refractivity (Wildman–Crippen MR) is 219 cm³/mol. The quantitative estimate of drug-likeness (QED) is 0.160. The third-order valence-electron chi connectivity index (χ3n) is 7.98. The summed E-state index contributed by atoms with van der Waals surface area (Å²) in [6, 6.07) is 12.4. The number of rotatable bonds is 18. The molecule has 4 atom stereocenters. The van der Waals surface area contributed by atoms with Crippen molar-refractivity contribution in [2.24, 2.45) is 11.8 Å². The molecule has 0 aliphatic heterocycles. The summed E-state index contributed by atoms with van der Waals surface area (Å²) in [4.78, 5) is 12.7. The normalized spacial score (nSPS) is 14.6. The van der Waals surface area contributed by atoms with Gasteiger partial charge in [0, 0.05) is 26.8 Å². The summed E-state index contributed by atoms with van der Waals surface area (Å²) in [5, 5.41) is 37.7. The first-order valence-corrected chi connectivity index (χ1v) is 20.7. The molecule has 4 unspecified atom stereocenters. The monoisotopic (exact) mass is 888 g/mol. The van der Waals surface area contributed by atoms with Crippen LogP contribution in [-0.4, -0.2) is 64.6 Å². The Bertz CT molecular complexity index is 2750. The fourth-order valence-electron chi connectivity index (χ4n) is 4.44. The second kappa shape index (κ2) is 25.4. The van der Waals surface area contributed by atoms with Gasteiger partial charge in [0.05, 0.1) is 76.5 Å². The Labute approximate surface area is 359 Å². The maximum Gasteiger partial charge on any atom is 0.397 e. The van der Waals surface area contributed by atoms with Gasteiger partial charge < -0.3 is 18.9 Å². The van der Waals surface area contributed by atoms with Gasteiger partial charge in [-0.3, -0.25) is 9.11 Å². The molecule has 2 N–H and O–H groups in total. The van der Waals surface area contributed by atoms with Gasteiger partial charge in [0.25, 0.3) is 22.8 Å². The lowest BCUT2D eigenvalue weighted by Gasteiger charge is -2.18. The molecule has 0 radical (unpaired) electrons. The highest BCUT2D eigenvalue weighted by Gasteiger charge is 2.18. The highest BCUT2D eigenvalue weighted by atomic mass is 32.3. The summed E-state index contributed by atoms with van der Waals surface area (Å²) in [5.41, 5.74) is -1.18. The highest BCUT2D eigenvalue weighted by molar-refractivity contribution is 7.81. The lowest BCUT2D eigenvalue weighted by atomic mass is 10.1. The van der Waals surface area contributed by atoms with Crippen LogP contribution in [0.15, 0.2) is 24.3 Å². The minimum atomic E-state index is -4.69. The first kappa shape index (κ1) is 52.8. The summed E-state index contributed by atoms with van der Waals surface area (Å²) >= 11 is 0. The van der Waals surface area contributed by atoms with Crippen LogP contribution in [0.5, 0.6) is 23.0 Å². The molecule has 2 aromatic carbocycles. The molecule has 0 aromatic heterocycles. The molecule has 0 heterocycles. The van der Waals surface area contributed by atoms with Crippen molar-refractivity contribution in [2.45, 2.75) is 66.6 Å². The Hall–Kier alpha value is -7.22. The molecule has 2 aromatic rings. The van der Waals surface area contributed by atoms with Crippen molar-refractivity contribution in [3.8, 4) is 47.3 Å². The van der Waals surface area contributed by atoms with E-state index in [1.165, 1.54) is 31.2 Å². The van der Waals surface area contributed by atoms with Crippen LogP contribution in [0.4, 0.5) is 0 Å². The minimum Gasteiger partial charge on any atom is -0.494 e. The highest BCUT2D eigenvalue weighted by Crippen LogP contribution is 2.17. The lowest BCUT2D eigenvalue weighted by molar-refractivity contribution is 0.135. The molecule has 0 saturated heterocycles. The van der Waals surface area contributed by atoms with E-state index in [9.17, 15) is 37.9 Å². The van der Waals surface area contributed by atoms with E-state index in [-0.39, 0.29) is 91.9 Å². The van der Waals surface area contributed by atoms with Gasteiger partial charge in [-0.1, -0.05) is 34.1 Å². The SMILES string of the molecule is [C-]#[N+]/C(C#N)=c1/cc(OC(C)COS(=O)(=O)O)/c(=C(\C#N)[N+]#[C-])cc1OC(C)CC.[C-]#[N+]/C(C#N)=c1/cc(OCC(C)COS(=O)(=O)O)/c(=C(\C#N)[N+]#[C-])cc1OCC(C)CC. The topological polar surface area (TPSA) is 277 Å². The predicted octanol–water partition coefficient (Wildman–Crippen LogP) is 3.60. The largest absolute Gasteiger partial charge is 0.494 e. The number of nitrogens with zero attached hydrogens (tertiary/aromatic N) is 8. The zero-order valence-corrected chi connectivity index (χ0v) is 35.9. The lowest BCUT2D eigenvalue weighted by Crippen LogP contribution is -2.27. The van der Waals surface area contributed by atoms with Crippen LogP contribution in [0.2, 0.25) is 0 Å². The van der Waals surface area contributed by atoms with Gasteiger partial charge in [-0.2, -0.15) is 16.8 Å². The van der Waals surface area contributed by atoms with Crippen LogP contribution in [0.3, 0.4) is 0 Å². The van der Waals surface area contributed by atoms with Crippen LogP contribution in [0, 0.1) is 83.4 Å². The molecule has 0 aliphatic rings. The second-order valence-corrected chi connectivity index (χ2v) is 15.1. The number of hydrogen-bond acceptors (Lipinski definition) is 14. The summed E-state index contributed by atoms with van der Waals surface area (Å²) in [6.45, 7) is 38.9. The van der Waals surface area contributed by atoms with Crippen LogP contribution < -0.4 is 39.8 Å².